The summed E-state index contributed by atoms with van der Waals surface area (Å²) in [6.07, 6.45) is 3.53. The highest BCUT2D eigenvalue weighted by atomic mass is 79.9. The fourth-order valence-electron chi connectivity index (χ4n) is 2.64. The molecule has 1 aliphatic rings. The highest BCUT2D eigenvalue weighted by Gasteiger charge is 2.19. The maximum atomic E-state index is 6.30. The maximum absolute atomic E-state index is 6.30. The zero-order valence-corrected chi connectivity index (χ0v) is 15.0. The Bertz CT molecular complexity index is 465. The van der Waals surface area contributed by atoms with E-state index in [4.69, 9.17) is 23.2 Å². The molecule has 0 amide bonds. The second-order valence-corrected chi connectivity index (χ2v) is 7.24. The van der Waals surface area contributed by atoms with Crippen LogP contribution < -0.4 is 5.32 Å². The third-order valence-corrected chi connectivity index (χ3v) is 5.66. The van der Waals surface area contributed by atoms with Crippen LogP contribution in [-0.2, 0) is 0 Å². The van der Waals surface area contributed by atoms with Gasteiger partial charge >= 0.3 is 0 Å². The van der Waals surface area contributed by atoms with Crippen LogP contribution in [0.2, 0.25) is 10.0 Å². The molecule has 0 aromatic heterocycles. The SMILES string of the molecule is CC(C)N1CCCC(Nc2ccc(Br)c(Cl)c2Cl)CC1. The number of likely N-dealkylation sites (tertiary alicyclic amines) is 1. The van der Waals surface area contributed by atoms with Gasteiger partial charge in [-0.15, -0.1) is 0 Å². The Kier molecular flexibility index (Phi) is 6.03. The second-order valence-electron chi connectivity index (χ2n) is 5.62. The number of nitrogens with one attached hydrogen (secondary N) is 1. The minimum atomic E-state index is 0.466. The summed E-state index contributed by atoms with van der Waals surface area (Å²) in [5, 5.41) is 4.73. The summed E-state index contributed by atoms with van der Waals surface area (Å²) in [7, 11) is 0. The van der Waals surface area contributed by atoms with Crippen molar-refractivity contribution in [2.75, 3.05) is 18.4 Å². The number of nitrogens with zero attached hydrogens (tertiary/aromatic N) is 1. The summed E-state index contributed by atoms with van der Waals surface area (Å²) in [5.41, 5.74) is 0.933. The van der Waals surface area contributed by atoms with E-state index in [2.05, 4.69) is 40.0 Å². The molecular formula is C15H21BrCl2N2. The number of hydrogen-bond acceptors (Lipinski definition) is 2. The van der Waals surface area contributed by atoms with E-state index in [-0.39, 0.29) is 0 Å². The lowest BCUT2D eigenvalue weighted by atomic mass is 10.1. The van der Waals surface area contributed by atoms with E-state index in [1.54, 1.807) is 0 Å². The topological polar surface area (TPSA) is 15.3 Å². The molecule has 1 aliphatic heterocycles. The van der Waals surface area contributed by atoms with E-state index in [0.717, 1.165) is 23.1 Å². The molecule has 2 nitrogen and oxygen atoms in total. The van der Waals surface area contributed by atoms with Crippen molar-refractivity contribution in [1.82, 2.24) is 4.90 Å². The minimum absolute atomic E-state index is 0.466. The van der Waals surface area contributed by atoms with Gasteiger partial charge in [-0.25, -0.2) is 0 Å². The van der Waals surface area contributed by atoms with Crippen molar-refractivity contribution < 1.29 is 0 Å². The summed E-state index contributed by atoms with van der Waals surface area (Å²) in [6, 6.07) is 5.02. The molecule has 112 valence electrons. The van der Waals surface area contributed by atoms with Crippen LogP contribution >= 0.6 is 39.1 Å². The molecular weight excluding hydrogens is 359 g/mol. The molecule has 0 radical (unpaired) electrons. The van der Waals surface area contributed by atoms with Gasteiger partial charge < -0.3 is 10.2 Å². The Labute approximate surface area is 139 Å². The fraction of sp³-hybridized carbons (Fsp3) is 0.600. The van der Waals surface area contributed by atoms with Crippen molar-refractivity contribution >= 4 is 44.8 Å². The lowest BCUT2D eigenvalue weighted by molar-refractivity contribution is 0.230. The van der Waals surface area contributed by atoms with Crippen LogP contribution in [0.1, 0.15) is 33.1 Å². The van der Waals surface area contributed by atoms with Gasteiger partial charge in [0, 0.05) is 23.1 Å². The Hall–Kier alpha value is 0.0400. The van der Waals surface area contributed by atoms with Gasteiger partial charge in [0.15, 0.2) is 0 Å². The Morgan fingerprint density at radius 3 is 2.65 bits per heavy atom. The van der Waals surface area contributed by atoms with Gasteiger partial charge in [-0.05, 0) is 67.7 Å². The molecule has 5 heteroatoms. The number of halogens is 3. The Balaban J connectivity index is 2.02. The first kappa shape index (κ1) is 16.4. The molecule has 1 atom stereocenters. The Morgan fingerprint density at radius 2 is 1.95 bits per heavy atom. The predicted molar refractivity (Wildman–Crippen MR) is 92.1 cm³/mol. The zero-order valence-electron chi connectivity index (χ0n) is 11.9. The van der Waals surface area contributed by atoms with Gasteiger partial charge in [0.2, 0.25) is 0 Å². The summed E-state index contributed by atoms with van der Waals surface area (Å²) in [4.78, 5) is 2.54. The van der Waals surface area contributed by atoms with E-state index in [1.807, 2.05) is 12.1 Å². The van der Waals surface area contributed by atoms with E-state index in [1.165, 1.54) is 19.4 Å². The molecule has 0 aliphatic carbocycles. The van der Waals surface area contributed by atoms with E-state index >= 15 is 0 Å². The van der Waals surface area contributed by atoms with Crippen LogP contribution in [0, 0.1) is 0 Å². The third kappa shape index (κ3) is 4.03. The first-order chi connectivity index (χ1) is 9.49. The highest BCUT2D eigenvalue weighted by molar-refractivity contribution is 9.10. The van der Waals surface area contributed by atoms with E-state index in [0.29, 0.717) is 22.1 Å². The molecule has 1 unspecified atom stereocenters. The molecule has 0 saturated carbocycles. The van der Waals surface area contributed by atoms with Gasteiger partial charge in [0.25, 0.3) is 0 Å². The Morgan fingerprint density at radius 1 is 1.20 bits per heavy atom. The molecule has 2 rings (SSSR count). The maximum Gasteiger partial charge on any atom is 0.0835 e. The third-order valence-electron chi connectivity index (χ3n) is 3.89. The van der Waals surface area contributed by atoms with Gasteiger partial charge in [-0.2, -0.15) is 0 Å². The van der Waals surface area contributed by atoms with Crippen molar-refractivity contribution in [2.45, 2.75) is 45.2 Å². The minimum Gasteiger partial charge on any atom is -0.381 e. The van der Waals surface area contributed by atoms with Crippen molar-refractivity contribution in [3.63, 3.8) is 0 Å². The lowest BCUT2D eigenvalue weighted by Gasteiger charge is -2.24. The summed E-state index contributed by atoms with van der Waals surface area (Å²) in [6.45, 7) is 6.85. The number of benzene rings is 1. The van der Waals surface area contributed by atoms with Gasteiger partial charge in [-0.3, -0.25) is 0 Å². The lowest BCUT2D eigenvalue weighted by Crippen LogP contribution is -2.32. The standard InChI is InChI=1S/C15H21BrCl2N2/c1-10(2)20-8-3-4-11(7-9-20)19-13-6-5-12(16)14(17)15(13)18/h5-6,10-11,19H,3-4,7-9H2,1-2H3. The zero-order chi connectivity index (χ0) is 14.7. The van der Waals surface area contributed by atoms with Crippen LogP contribution in [0.5, 0.6) is 0 Å². The van der Waals surface area contributed by atoms with Crippen molar-refractivity contribution in [2.24, 2.45) is 0 Å². The van der Waals surface area contributed by atoms with Gasteiger partial charge in [-0.1, -0.05) is 23.2 Å². The summed E-state index contributed by atoms with van der Waals surface area (Å²) < 4.78 is 0.835. The molecule has 1 saturated heterocycles. The monoisotopic (exact) mass is 378 g/mol. The average Bonchev–Trinajstić information content (AvgIpc) is 2.65. The van der Waals surface area contributed by atoms with Crippen LogP contribution in [0.3, 0.4) is 0 Å². The van der Waals surface area contributed by atoms with Gasteiger partial charge in [0.1, 0.15) is 0 Å². The van der Waals surface area contributed by atoms with E-state index < -0.39 is 0 Å². The molecule has 1 aromatic carbocycles. The molecule has 0 bridgehead atoms. The molecule has 0 spiro atoms. The summed E-state index contributed by atoms with van der Waals surface area (Å²) >= 11 is 15.9. The second kappa shape index (κ2) is 7.35. The molecule has 1 aromatic rings. The first-order valence-corrected chi connectivity index (χ1v) is 8.68. The molecule has 1 heterocycles. The molecule has 1 N–H and O–H groups in total. The number of hydrogen-bond donors (Lipinski definition) is 1. The normalized spacial score (nSPS) is 21.0. The van der Waals surface area contributed by atoms with Crippen molar-refractivity contribution in [3.8, 4) is 0 Å². The number of anilines is 1. The van der Waals surface area contributed by atoms with Crippen LogP contribution in [0.25, 0.3) is 0 Å². The van der Waals surface area contributed by atoms with Crippen molar-refractivity contribution in [3.05, 3.63) is 26.7 Å². The summed E-state index contributed by atoms with van der Waals surface area (Å²) in [5.74, 6) is 0. The quantitative estimate of drug-likeness (QED) is 0.704. The van der Waals surface area contributed by atoms with Crippen molar-refractivity contribution in [1.29, 1.82) is 0 Å². The number of rotatable bonds is 3. The largest absolute Gasteiger partial charge is 0.381 e. The first-order valence-electron chi connectivity index (χ1n) is 7.13. The van der Waals surface area contributed by atoms with Crippen LogP contribution in [0.4, 0.5) is 5.69 Å². The average molecular weight is 380 g/mol. The smallest absolute Gasteiger partial charge is 0.0835 e. The molecule has 1 fully saturated rings. The molecule has 20 heavy (non-hydrogen) atoms. The fourth-order valence-corrected chi connectivity index (χ4v) is 3.47. The van der Waals surface area contributed by atoms with Gasteiger partial charge in [0.05, 0.1) is 15.7 Å². The highest BCUT2D eigenvalue weighted by Crippen LogP contribution is 2.36. The van der Waals surface area contributed by atoms with E-state index in [9.17, 15) is 0 Å². The van der Waals surface area contributed by atoms with Crippen LogP contribution in [0.15, 0.2) is 16.6 Å². The van der Waals surface area contributed by atoms with Crippen LogP contribution in [-0.4, -0.2) is 30.1 Å². The predicted octanol–water partition coefficient (Wildman–Crippen LogP) is 5.43.